The Labute approximate surface area is 138 Å². The molecule has 0 aliphatic carbocycles. The minimum absolute atomic E-state index is 0.0974. The summed E-state index contributed by atoms with van der Waals surface area (Å²) in [5.74, 6) is 0.835. The van der Waals surface area contributed by atoms with Crippen molar-refractivity contribution in [1.82, 2.24) is 0 Å². The maximum absolute atomic E-state index is 6.33. The molecule has 2 N–H and O–H groups in total. The highest BCUT2D eigenvalue weighted by molar-refractivity contribution is 6.43. The third-order valence-corrected chi connectivity index (χ3v) is 4.63. The maximum Gasteiger partial charge on any atom is 0.131 e. The van der Waals surface area contributed by atoms with E-state index in [1.54, 1.807) is 6.07 Å². The third kappa shape index (κ3) is 2.86. The van der Waals surface area contributed by atoms with Crippen molar-refractivity contribution >= 4 is 34.8 Å². The van der Waals surface area contributed by atoms with Crippen molar-refractivity contribution in [2.75, 3.05) is 6.54 Å². The zero-order valence-corrected chi connectivity index (χ0v) is 13.5. The molecule has 0 aromatic heterocycles. The molecule has 1 aliphatic rings. The van der Waals surface area contributed by atoms with E-state index in [0.29, 0.717) is 21.6 Å². The van der Waals surface area contributed by atoms with Crippen LogP contribution in [-0.4, -0.2) is 12.6 Å². The summed E-state index contributed by atoms with van der Waals surface area (Å²) in [6.45, 7) is 0.597. The molecule has 0 spiro atoms. The zero-order valence-electron chi connectivity index (χ0n) is 11.2. The number of rotatable bonds is 3. The molecule has 0 fully saturated rings. The van der Waals surface area contributed by atoms with Gasteiger partial charge in [-0.25, -0.2) is 0 Å². The Morgan fingerprint density at radius 3 is 2.71 bits per heavy atom. The number of nitrogens with two attached hydrogens (primary N) is 1. The molecular formula is C16H14Cl3NO. The topological polar surface area (TPSA) is 35.2 Å². The van der Waals surface area contributed by atoms with Crippen LogP contribution in [0, 0.1) is 0 Å². The van der Waals surface area contributed by atoms with Gasteiger partial charge < -0.3 is 10.5 Å². The Kier molecular flexibility index (Phi) is 4.32. The van der Waals surface area contributed by atoms with Gasteiger partial charge in [0.2, 0.25) is 0 Å². The summed E-state index contributed by atoms with van der Waals surface area (Å²) in [6.07, 6.45) is 1.73. The van der Waals surface area contributed by atoms with E-state index < -0.39 is 0 Å². The van der Waals surface area contributed by atoms with Crippen molar-refractivity contribution in [2.45, 2.75) is 18.9 Å². The second kappa shape index (κ2) is 6.05. The minimum Gasteiger partial charge on any atom is -0.489 e. The van der Waals surface area contributed by atoms with Gasteiger partial charge in [-0.1, -0.05) is 46.9 Å². The molecule has 0 saturated heterocycles. The van der Waals surface area contributed by atoms with Gasteiger partial charge in [0, 0.05) is 22.6 Å². The average molecular weight is 343 g/mol. The number of hydrogen-bond donors (Lipinski definition) is 1. The van der Waals surface area contributed by atoms with Crippen molar-refractivity contribution in [3.05, 3.63) is 51.0 Å². The molecule has 3 rings (SSSR count). The average Bonchev–Trinajstić information content (AvgIpc) is 2.84. The minimum atomic E-state index is 0.0974. The fourth-order valence-corrected chi connectivity index (χ4v) is 3.30. The van der Waals surface area contributed by atoms with E-state index in [9.17, 15) is 0 Å². The summed E-state index contributed by atoms with van der Waals surface area (Å²) in [5, 5.41) is 1.69. The van der Waals surface area contributed by atoms with E-state index in [1.165, 1.54) is 0 Å². The second-order valence-electron chi connectivity index (χ2n) is 5.06. The Bertz CT molecular complexity index is 687. The molecule has 21 heavy (non-hydrogen) atoms. The maximum atomic E-state index is 6.33. The highest BCUT2D eigenvalue weighted by Crippen LogP contribution is 2.44. The number of ether oxygens (including phenoxy) is 1. The number of hydrogen-bond acceptors (Lipinski definition) is 2. The Balaban J connectivity index is 2.11. The molecule has 1 aliphatic heterocycles. The monoisotopic (exact) mass is 341 g/mol. The molecule has 1 heterocycles. The fraction of sp³-hybridized carbons (Fsp3) is 0.250. The van der Waals surface area contributed by atoms with Crippen LogP contribution in [0.3, 0.4) is 0 Å². The van der Waals surface area contributed by atoms with Gasteiger partial charge in [0.1, 0.15) is 11.9 Å². The van der Waals surface area contributed by atoms with E-state index in [-0.39, 0.29) is 6.10 Å². The standard InChI is InChI=1S/C16H14Cl3NO/c17-10-6-9-7-11(4-5-20)21-16(9)13(8-10)12-2-1-3-14(18)15(12)19/h1-3,6,8,11H,4-5,7,20H2. The predicted octanol–water partition coefficient (Wildman–Crippen LogP) is 4.97. The molecule has 0 radical (unpaired) electrons. The SMILES string of the molecule is NCCC1Cc2cc(Cl)cc(-c3cccc(Cl)c3Cl)c2O1. The molecule has 1 atom stereocenters. The van der Waals surface area contributed by atoms with Gasteiger partial charge in [0.25, 0.3) is 0 Å². The molecule has 0 saturated carbocycles. The number of benzene rings is 2. The van der Waals surface area contributed by atoms with E-state index in [2.05, 4.69) is 0 Å². The van der Waals surface area contributed by atoms with Gasteiger partial charge in [-0.2, -0.15) is 0 Å². The lowest BCUT2D eigenvalue weighted by atomic mass is 10.00. The highest BCUT2D eigenvalue weighted by Gasteiger charge is 2.27. The number of halogens is 3. The van der Waals surface area contributed by atoms with Crippen molar-refractivity contribution in [2.24, 2.45) is 5.73 Å². The molecule has 2 aromatic carbocycles. The van der Waals surface area contributed by atoms with Crippen molar-refractivity contribution in [3.63, 3.8) is 0 Å². The molecule has 0 bridgehead atoms. The summed E-state index contributed by atoms with van der Waals surface area (Å²) in [5.41, 5.74) is 8.42. The third-order valence-electron chi connectivity index (χ3n) is 3.59. The summed E-state index contributed by atoms with van der Waals surface area (Å²) < 4.78 is 6.04. The van der Waals surface area contributed by atoms with Crippen LogP contribution in [-0.2, 0) is 6.42 Å². The first-order valence-electron chi connectivity index (χ1n) is 6.73. The smallest absolute Gasteiger partial charge is 0.131 e. The molecule has 110 valence electrons. The fourth-order valence-electron chi connectivity index (χ4n) is 2.65. The van der Waals surface area contributed by atoms with E-state index in [1.807, 2.05) is 24.3 Å². The van der Waals surface area contributed by atoms with Crippen LogP contribution in [0.2, 0.25) is 15.1 Å². The lowest BCUT2D eigenvalue weighted by molar-refractivity contribution is 0.225. The van der Waals surface area contributed by atoms with Crippen molar-refractivity contribution in [3.8, 4) is 16.9 Å². The second-order valence-corrected chi connectivity index (χ2v) is 6.29. The van der Waals surface area contributed by atoms with Crippen LogP contribution in [0.5, 0.6) is 5.75 Å². The molecule has 2 nitrogen and oxygen atoms in total. The highest BCUT2D eigenvalue weighted by atomic mass is 35.5. The first-order chi connectivity index (χ1) is 10.1. The van der Waals surface area contributed by atoms with Crippen molar-refractivity contribution in [1.29, 1.82) is 0 Å². The summed E-state index contributed by atoms with van der Waals surface area (Å²) in [4.78, 5) is 0. The molecule has 0 amide bonds. The van der Waals surface area contributed by atoms with Crippen LogP contribution in [0.4, 0.5) is 0 Å². The van der Waals surface area contributed by atoms with Gasteiger partial charge >= 0.3 is 0 Å². The van der Waals surface area contributed by atoms with Crippen LogP contribution < -0.4 is 10.5 Å². The largest absolute Gasteiger partial charge is 0.489 e. The van der Waals surface area contributed by atoms with Gasteiger partial charge in [-0.05, 0) is 36.7 Å². The quantitative estimate of drug-likeness (QED) is 0.855. The van der Waals surface area contributed by atoms with Crippen LogP contribution in [0.15, 0.2) is 30.3 Å². The Morgan fingerprint density at radius 2 is 1.95 bits per heavy atom. The van der Waals surface area contributed by atoms with Gasteiger partial charge in [-0.15, -0.1) is 0 Å². The van der Waals surface area contributed by atoms with Crippen LogP contribution in [0.25, 0.3) is 11.1 Å². The van der Waals surface area contributed by atoms with Crippen LogP contribution >= 0.6 is 34.8 Å². The number of fused-ring (bicyclic) bond motifs is 1. The lowest BCUT2D eigenvalue weighted by Crippen LogP contribution is -2.17. The van der Waals surface area contributed by atoms with Gasteiger partial charge in [0.15, 0.2) is 0 Å². The Morgan fingerprint density at radius 1 is 1.14 bits per heavy atom. The van der Waals surface area contributed by atoms with Crippen molar-refractivity contribution < 1.29 is 4.74 Å². The first-order valence-corrected chi connectivity index (χ1v) is 7.87. The summed E-state index contributed by atoms with van der Waals surface area (Å²) in [6, 6.07) is 9.34. The van der Waals surface area contributed by atoms with E-state index >= 15 is 0 Å². The summed E-state index contributed by atoms with van der Waals surface area (Å²) in [7, 11) is 0. The van der Waals surface area contributed by atoms with E-state index in [4.69, 9.17) is 45.3 Å². The summed E-state index contributed by atoms with van der Waals surface area (Å²) >= 11 is 18.7. The zero-order chi connectivity index (χ0) is 15.0. The normalized spacial score (nSPS) is 16.7. The molecule has 1 unspecified atom stereocenters. The first kappa shape index (κ1) is 15.0. The Hall–Kier alpha value is -0.930. The van der Waals surface area contributed by atoms with Crippen LogP contribution in [0.1, 0.15) is 12.0 Å². The molecule has 5 heteroatoms. The molecule has 2 aromatic rings. The predicted molar refractivity (Wildman–Crippen MR) is 88.7 cm³/mol. The lowest BCUT2D eigenvalue weighted by Gasteiger charge is -2.13. The van der Waals surface area contributed by atoms with E-state index in [0.717, 1.165) is 35.3 Å². The van der Waals surface area contributed by atoms with Gasteiger partial charge in [-0.3, -0.25) is 0 Å². The molecular weight excluding hydrogens is 329 g/mol. The van der Waals surface area contributed by atoms with Gasteiger partial charge in [0.05, 0.1) is 10.0 Å².